The van der Waals surface area contributed by atoms with Gasteiger partial charge >= 0.3 is 0 Å². The van der Waals surface area contributed by atoms with Crippen molar-refractivity contribution in [3.8, 4) is 17.2 Å². The Kier molecular flexibility index (Phi) is 4.65. The van der Waals surface area contributed by atoms with Gasteiger partial charge < -0.3 is 4.90 Å². The van der Waals surface area contributed by atoms with Crippen LogP contribution < -0.4 is 4.90 Å². The van der Waals surface area contributed by atoms with Gasteiger partial charge in [0.25, 0.3) is 0 Å². The number of piperidine rings is 1. The Labute approximate surface area is 165 Å². The second kappa shape index (κ2) is 6.98. The molecule has 0 spiro atoms. The lowest BCUT2D eigenvalue weighted by molar-refractivity contribution is 0.494. The predicted molar refractivity (Wildman–Crippen MR) is 115 cm³/mol. The second-order valence-corrected chi connectivity index (χ2v) is 8.68. The average Bonchev–Trinajstić information content (AvgIpc) is 3.03. The number of benzene rings is 1. The van der Waals surface area contributed by atoms with E-state index in [0.29, 0.717) is 0 Å². The van der Waals surface area contributed by atoms with Gasteiger partial charge in [0.1, 0.15) is 0 Å². The molecule has 4 heteroatoms. The van der Waals surface area contributed by atoms with E-state index in [-0.39, 0.29) is 5.92 Å². The molecule has 3 aromatic rings. The summed E-state index contributed by atoms with van der Waals surface area (Å²) >= 11 is 1.78. The minimum absolute atomic E-state index is 0.128. The Balaban J connectivity index is 1.88. The highest BCUT2D eigenvalue weighted by molar-refractivity contribution is 7.18. The number of nitrogens with zero attached hydrogens (tertiary/aromatic N) is 3. The van der Waals surface area contributed by atoms with Crippen LogP contribution in [-0.4, -0.2) is 18.1 Å². The monoisotopic (exact) mass is 375 g/mol. The fourth-order valence-corrected chi connectivity index (χ4v) is 5.48. The third-order valence-corrected chi connectivity index (χ3v) is 6.51. The van der Waals surface area contributed by atoms with Crippen LogP contribution in [0.5, 0.6) is 0 Å². The molecule has 1 aromatic carbocycles. The van der Waals surface area contributed by atoms with Gasteiger partial charge in [-0.2, -0.15) is 5.26 Å². The van der Waals surface area contributed by atoms with E-state index in [9.17, 15) is 5.26 Å². The number of fused-ring (bicyclic) bond motifs is 1. The Morgan fingerprint density at radius 1 is 1.15 bits per heavy atom. The molecule has 1 saturated heterocycles. The van der Waals surface area contributed by atoms with Crippen molar-refractivity contribution in [2.24, 2.45) is 5.92 Å². The predicted octanol–water partition coefficient (Wildman–Crippen LogP) is 5.94. The normalized spacial score (nSPS) is 17.3. The van der Waals surface area contributed by atoms with Crippen molar-refractivity contribution in [3.05, 3.63) is 46.0 Å². The maximum Gasteiger partial charge on any atom is 0.0912 e. The molecule has 0 aliphatic carbocycles. The molecule has 1 fully saturated rings. The van der Waals surface area contributed by atoms with Crippen LogP contribution in [0.25, 0.3) is 21.3 Å². The van der Waals surface area contributed by atoms with E-state index in [2.05, 4.69) is 62.2 Å². The number of aromatic nitrogens is 1. The molecule has 1 aliphatic rings. The van der Waals surface area contributed by atoms with Crippen LogP contribution in [0.1, 0.15) is 35.2 Å². The molecule has 3 heterocycles. The first-order valence-electron chi connectivity index (χ1n) is 9.59. The largest absolute Gasteiger partial charge is 0.369 e. The van der Waals surface area contributed by atoms with Crippen LogP contribution in [0.3, 0.4) is 0 Å². The molecule has 0 amide bonds. The Bertz CT molecular complexity index is 1030. The number of anilines is 1. The molecule has 3 nitrogen and oxygen atoms in total. The first-order chi connectivity index (χ1) is 13.0. The summed E-state index contributed by atoms with van der Waals surface area (Å²) < 4.78 is 1.24. The number of hydrogen-bond acceptors (Lipinski definition) is 4. The van der Waals surface area contributed by atoms with Gasteiger partial charge in [0, 0.05) is 29.7 Å². The van der Waals surface area contributed by atoms with Gasteiger partial charge in [0.2, 0.25) is 0 Å². The van der Waals surface area contributed by atoms with Gasteiger partial charge in [-0.05, 0) is 63.3 Å². The van der Waals surface area contributed by atoms with E-state index in [1.54, 1.807) is 11.3 Å². The molecule has 0 N–H and O–H groups in total. The summed E-state index contributed by atoms with van der Waals surface area (Å²) in [5.74, 6) is 0.128. The van der Waals surface area contributed by atoms with Crippen molar-refractivity contribution in [1.29, 1.82) is 5.26 Å². The van der Waals surface area contributed by atoms with Gasteiger partial charge in [-0.3, -0.25) is 4.98 Å². The van der Waals surface area contributed by atoms with Crippen LogP contribution in [0.4, 0.5) is 5.69 Å². The first kappa shape index (κ1) is 18.0. The highest BCUT2D eigenvalue weighted by atomic mass is 32.1. The number of thiophene rings is 1. The maximum atomic E-state index is 9.37. The Morgan fingerprint density at radius 2 is 1.89 bits per heavy atom. The molecule has 1 unspecified atom stereocenters. The van der Waals surface area contributed by atoms with E-state index in [1.165, 1.54) is 38.2 Å². The quantitative estimate of drug-likeness (QED) is 0.557. The number of pyridine rings is 1. The highest BCUT2D eigenvalue weighted by Crippen LogP contribution is 2.41. The molecule has 1 atom stereocenters. The van der Waals surface area contributed by atoms with Crippen LogP contribution in [-0.2, 0) is 0 Å². The zero-order valence-electron chi connectivity index (χ0n) is 16.5. The van der Waals surface area contributed by atoms with Gasteiger partial charge in [-0.15, -0.1) is 11.3 Å². The number of nitriles is 1. The number of hydrogen-bond donors (Lipinski definition) is 0. The molecule has 27 heavy (non-hydrogen) atoms. The summed E-state index contributed by atoms with van der Waals surface area (Å²) in [6.07, 6.45) is 2.09. The van der Waals surface area contributed by atoms with Crippen molar-refractivity contribution >= 4 is 27.2 Å². The highest BCUT2D eigenvalue weighted by Gasteiger charge is 2.23. The minimum atomic E-state index is 0.128. The smallest absolute Gasteiger partial charge is 0.0912 e. The van der Waals surface area contributed by atoms with Crippen LogP contribution >= 0.6 is 11.3 Å². The Hall–Kier alpha value is -2.38. The van der Waals surface area contributed by atoms with Crippen molar-refractivity contribution < 1.29 is 0 Å². The molecule has 4 rings (SSSR count). The molecule has 0 saturated carbocycles. The lowest BCUT2D eigenvalue weighted by Gasteiger charge is -2.32. The molecule has 2 aromatic heterocycles. The van der Waals surface area contributed by atoms with E-state index in [1.807, 2.05) is 0 Å². The molecular weight excluding hydrogens is 350 g/mol. The van der Waals surface area contributed by atoms with Gasteiger partial charge in [0.15, 0.2) is 0 Å². The summed E-state index contributed by atoms with van der Waals surface area (Å²) in [6.45, 7) is 10.5. The molecule has 1 aliphatic heterocycles. The molecule has 0 radical (unpaired) electrons. The van der Waals surface area contributed by atoms with Gasteiger partial charge in [-0.1, -0.05) is 17.7 Å². The zero-order chi connectivity index (χ0) is 19.1. The fraction of sp³-hybridized carbons (Fsp3) is 0.391. The topological polar surface area (TPSA) is 39.9 Å². The van der Waals surface area contributed by atoms with E-state index in [0.717, 1.165) is 37.1 Å². The van der Waals surface area contributed by atoms with Crippen molar-refractivity contribution in [3.63, 3.8) is 0 Å². The van der Waals surface area contributed by atoms with Crippen molar-refractivity contribution in [2.75, 3.05) is 18.0 Å². The summed E-state index contributed by atoms with van der Waals surface area (Å²) in [4.78, 5) is 7.32. The Morgan fingerprint density at radius 3 is 2.59 bits per heavy atom. The second-order valence-electron chi connectivity index (χ2n) is 7.80. The first-order valence-corrected chi connectivity index (χ1v) is 10.5. The van der Waals surface area contributed by atoms with Gasteiger partial charge in [-0.25, -0.2) is 0 Å². The SMILES string of the molecule is Cc1cc(C)c(-c2csc3c(N4CCCC(C#N)C4)cc(C)nc23)c(C)c1. The summed E-state index contributed by atoms with van der Waals surface area (Å²) in [7, 11) is 0. The summed E-state index contributed by atoms with van der Waals surface area (Å²) in [6, 6.07) is 9.16. The third-order valence-electron chi connectivity index (χ3n) is 5.52. The van der Waals surface area contributed by atoms with Crippen molar-refractivity contribution in [1.82, 2.24) is 4.98 Å². The van der Waals surface area contributed by atoms with Gasteiger partial charge in [0.05, 0.1) is 27.9 Å². The fourth-order valence-electron chi connectivity index (χ4n) is 4.43. The van der Waals surface area contributed by atoms with Crippen LogP contribution in [0.2, 0.25) is 0 Å². The minimum Gasteiger partial charge on any atom is -0.369 e. The third kappa shape index (κ3) is 3.21. The maximum absolute atomic E-state index is 9.37. The molecule has 138 valence electrons. The lowest BCUT2D eigenvalue weighted by Crippen LogP contribution is -2.34. The van der Waals surface area contributed by atoms with Crippen LogP contribution in [0, 0.1) is 44.9 Å². The molecular formula is C23H25N3S. The lowest BCUT2D eigenvalue weighted by atomic mass is 9.94. The van der Waals surface area contributed by atoms with E-state index < -0.39 is 0 Å². The summed E-state index contributed by atoms with van der Waals surface area (Å²) in [5, 5.41) is 11.6. The van der Waals surface area contributed by atoms with E-state index >= 15 is 0 Å². The standard InChI is InChI=1S/C23H25N3S/c1-14-8-15(2)21(16(3)9-14)19-13-27-23-20(10-17(4)25-22(19)23)26-7-5-6-18(11-24)12-26/h8-10,13,18H,5-7,12H2,1-4H3. The number of aryl methyl sites for hydroxylation is 4. The van der Waals surface area contributed by atoms with Crippen molar-refractivity contribution in [2.45, 2.75) is 40.5 Å². The number of rotatable bonds is 2. The zero-order valence-corrected chi connectivity index (χ0v) is 17.3. The molecule has 0 bridgehead atoms. The van der Waals surface area contributed by atoms with Crippen LogP contribution in [0.15, 0.2) is 23.6 Å². The summed E-state index contributed by atoms with van der Waals surface area (Å²) in [5.41, 5.74) is 9.85. The average molecular weight is 376 g/mol. The van der Waals surface area contributed by atoms with E-state index in [4.69, 9.17) is 4.98 Å².